The van der Waals surface area contributed by atoms with E-state index in [-0.39, 0.29) is 11.7 Å². The Balaban J connectivity index is 2.01. The predicted molar refractivity (Wildman–Crippen MR) is 80.7 cm³/mol. The lowest BCUT2D eigenvalue weighted by atomic mass is 10.1. The molecule has 1 aromatic heterocycles. The number of aromatic nitrogens is 1. The monoisotopic (exact) mass is 296 g/mol. The van der Waals surface area contributed by atoms with E-state index in [1.54, 1.807) is 43.6 Å². The van der Waals surface area contributed by atoms with Crippen molar-refractivity contribution in [1.29, 1.82) is 0 Å². The second-order valence-electron chi connectivity index (χ2n) is 4.66. The van der Waals surface area contributed by atoms with Gasteiger partial charge in [-0.3, -0.25) is 4.79 Å². The van der Waals surface area contributed by atoms with Gasteiger partial charge in [0.15, 0.2) is 5.76 Å². The molecule has 110 valence electrons. The fourth-order valence-electron chi connectivity index (χ4n) is 2.15. The summed E-state index contributed by atoms with van der Waals surface area (Å²) in [5, 5.41) is 2.59. The molecule has 22 heavy (non-hydrogen) atoms. The maximum atomic E-state index is 13.0. The minimum atomic E-state index is -0.312. The third-order valence-corrected chi connectivity index (χ3v) is 3.26. The molecule has 5 heteroatoms. The lowest BCUT2D eigenvalue weighted by Crippen LogP contribution is -2.18. The van der Waals surface area contributed by atoms with Crippen molar-refractivity contribution in [3.8, 4) is 22.8 Å². The maximum absolute atomic E-state index is 13.0. The molecule has 0 saturated heterocycles. The van der Waals surface area contributed by atoms with E-state index in [9.17, 15) is 9.18 Å². The fourth-order valence-corrected chi connectivity index (χ4v) is 2.15. The number of carbonyl (C=O) groups excluding carboxylic acids is 1. The van der Waals surface area contributed by atoms with E-state index in [0.29, 0.717) is 22.8 Å². The SMILES string of the molecule is CNC(=O)c1ccccc1-c1ncc(-c2ccc(F)cc2)o1. The molecule has 4 nitrogen and oxygen atoms in total. The van der Waals surface area contributed by atoms with Crippen LogP contribution in [0.2, 0.25) is 0 Å². The van der Waals surface area contributed by atoms with Gasteiger partial charge in [0.2, 0.25) is 5.89 Å². The fraction of sp³-hybridized carbons (Fsp3) is 0.0588. The highest BCUT2D eigenvalue weighted by Crippen LogP contribution is 2.28. The quantitative estimate of drug-likeness (QED) is 0.804. The normalized spacial score (nSPS) is 10.5. The summed E-state index contributed by atoms with van der Waals surface area (Å²) in [5.74, 6) is 0.339. The predicted octanol–water partition coefficient (Wildman–Crippen LogP) is 3.51. The number of benzene rings is 2. The molecule has 1 heterocycles. The van der Waals surface area contributed by atoms with Crippen LogP contribution in [0.15, 0.2) is 59.1 Å². The highest BCUT2D eigenvalue weighted by Gasteiger charge is 2.15. The summed E-state index contributed by atoms with van der Waals surface area (Å²) in [7, 11) is 1.57. The molecule has 0 unspecified atom stereocenters. The first-order valence-electron chi connectivity index (χ1n) is 6.72. The molecule has 0 bridgehead atoms. The third kappa shape index (κ3) is 2.61. The Bertz CT molecular complexity index is 810. The second kappa shape index (κ2) is 5.81. The standard InChI is InChI=1S/C17H13FN2O2/c1-19-16(21)13-4-2-3-5-14(13)17-20-10-15(22-17)11-6-8-12(18)9-7-11/h2-10H,1H3,(H,19,21). The smallest absolute Gasteiger partial charge is 0.251 e. The number of carbonyl (C=O) groups is 1. The highest BCUT2D eigenvalue weighted by molar-refractivity contribution is 5.99. The zero-order valence-electron chi connectivity index (χ0n) is 11.8. The number of halogens is 1. The van der Waals surface area contributed by atoms with Gasteiger partial charge in [-0.05, 0) is 36.4 Å². The van der Waals surface area contributed by atoms with Crippen LogP contribution in [0.4, 0.5) is 4.39 Å². The number of amides is 1. The van der Waals surface area contributed by atoms with Crippen molar-refractivity contribution < 1.29 is 13.6 Å². The van der Waals surface area contributed by atoms with E-state index in [1.807, 2.05) is 6.07 Å². The summed E-state index contributed by atoms with van der Waals surface area (Å²) in [6, 6.07) is 13.0. The zero-order chi connectivity index (χ0) is 15.5. The Morgan fingerprint density at radius 2 is 1.86 bits per heavy atom. The maximum Gasteiger partial charge on any atom is 0.251 e. The van der Waals surface area contributed by atoms with Crippen molar-refractivity contribution in [2.75, 3.05) is 7.05 Å². The molecule has 1 N–H and O–H groups in total. The molecule has 3 aromatic rings. The van der Waals surface area contributed by atoms with E-state index in [1.165, 1.54) is 12.1 Å². The number of oxazole rings is 1. The van der Waals surface area contributed by atoms with Crippen molar-refractivity contribution >= 4 is 5.91 Å². The Morgan fingerprint density at radius 3 is 2.59 bits per heavy atom. The Morgan fingerprint density at radius 1 is 1.14 bits per heavy atom. The van der Waals surface area contributed by atoms with Gasteiger partial charge in [-0.2, -0.15) is 0 Å². The van der Waals surface area contributed by atoms with Crippen molar-refractivity contribution in [2.24, 2.45) is 0 Å². The highest BCUT2D eigenvalue weighted by atomic mass is 19.1. The second-order valence-corrected chi connectivity index (χ2v) is 4.66. The van der Waals surface area contributed by atoms with Gasteiger partial charge in [-0.25, -0.2) is 9.37 Å². The van der Waals surface area contributed by atoms with Crippen LogP contribution in [-0.2, 0) is 0 Å². The van der Waals surface area contributed by atoms with Crippen LogP contribution in [-0.4, -0.2) is 17.9 Å². The van der Waals surface area contributed by atoms with E-state index < -0.39 is 0 Å². The van der Waals surface area contributed by atoms with Gasteiger partial charge in [0, 0.05) is 18.2 Å². The number of nitrogens with one attached hydrogen (secondary N) is 1. The van der Waals surface area contributed by atoms with Crippen molar-refractivity contribution in [2.45, 2.75) is 0 Å². The van der Waals surface area contributed by atoms with Crippen LogP contribution in [0.5, 0.6) is 0 Å². The van der Waals surface area contributed by atoms with Crippen LogP contribution in [0.25, 0.3) is 22.8 Å². The molecule has 3 rings (SSSR count). The lowest BCUT2D eigenvalue weighted by molar-refractivity contribution is 0.0963. The minimum absolute atomic E-state index is 0.211. The molecule has 0 atom stereocenters. The van der Waals surface area contributed by atoms with Gasteiger partial charge in [-0.15, -0.1) is 0 Å². The van der Waals surface area contributed by atoms with Gasteiger partial charge < -0.3 is 9.73 Å². The summed E-state index contributed by atoms with van der Waals surface area (Å²) in [6.45, 7) is 0. The van der Waals surface area contributed by atoms with Gasteiger partial charge in [0.25, 0.3) is 5.91 Å². The van der Waals surface area contributed by atoms with Crippen LogP contribution in [0.3, 0.4) is 0 Å². The van der Waals surface area contributed by atoms with Crippen molar-refractivity contribution in [3.63, 3.8) is 0 Å². The first-order valence-corrected chi connectivity index (χ1v) is 6.72. The van der Waals surface area contributed by atoms with Gasteiger partial charge in [0.05, 0.1) is 11.8 Å². The molecular formula is C17H13FN2O2. The lowest BCUT2D eigenvalue weighted by Gasteiger charge is -2.04. The number of nitrogens with zero attached hydrogens (tertiary/aromatic N) is 1. The Hall–Kier alpha value is -2.95. The first kappa shape index (κ1) is 14.0. The Labute approximate surface area is 126 Å². The molecule has 0 aliphatic carbocycles. The van der Waals surface area contributed by atoms with Gasteiger partial charge >= 0.3 is 0 Å². The average Bonchev–Trinajstić information content (AvgIpc) is 3.04. The first-order chi connectivity index (χ1) is 10.7. The molecule has 1 amide bonds. The molecule has 0 fully saturated rings. The van der Waals surface area contributed by atoms with Crippen LogP contribution in [0, 0.1) is 5.82 Å². The van der Waals surface area contributed by atoms with Crippen LogP contribution in [0.1, 0.15) is 10.4 Å². The number of rotatable bonds is 3. The minimum Gasteiger partial charge on any atom is -0.436 e. The Kier molecular flexibility index (Phi) is 3.70. The molecule has 0 radical (unpaired) electrons. The molecular weight excluding hydrogens is 283 g/mol. The zero-order valence-corrected chi connectivity index (χ0v) is 11.8. The van der Waals surface area contributed by atoms with E-state index >= 15 is 0 Å². The van der Waals surface area contributed by atoms with Crippen molar-refractivity contribution in [3.05, 3.63) is 66.1 Å². The van der Waals surface area contributed by atoms with E-state index in [2.05, 4.69) is 10.3 Å². The summed E-state index contributed by atoms with van der Waals surface area (Å²) in [5.41, 5.74) is 1.81. The summed E-state index contributed by atoms with van der Waals surface area (Å²) < 4.78 is 18.7. The number of hydrogen-bond acceptors (Lipinski definition) is 3. The molecule has 0 aliphatic rings. The summed E-state index contributed by atoms with van der Waals surface area (Å²) in [4.78, 5) is 16.1. The molecule has 2 aromatic carbocycles. The summed E-state index contributed by atoms with van der Waals surface area (Å²) >= 11 is 0. The molecule has 0 spiro atoms. The summed E-state index contributed by atoms with van der Waals surface area (Å²) in [6.07, 6.45) is 1.56. The van der Waals surface area contributed by atoms with E-state index in [0.717, 1.165) is 5.56 Å². The molecule has 0 saturated carbocycles. The van der Waals surface area contributed by atoms with Gasteiger partial charge in [-0.1, -0.05) is 12.1 Å². The van der Waals surface area contributed by atoms with E-state index in [4.69, 9.17) is 4.42 Å². The van der Waals surface area contributed by atoms with Crippen LogP contribution >= 0.6 is 0 Å². The number of hydrogen-bond donors (Lipinski definition) is 1. The third-order valence-electron chi connectivity index (χ3n) is 3.26. The molecule has 0 aliphatic heterocycles. The topological polar surface area (TPSA) is 55.1 Å². The largest absolute Gasteiger partial charge is 0.436 e. The van der Waals surface area contributed by atoms with Crippen LogP contribution < -0.4 is 5.32 Å². The van der Waals surface area contributed by atoms with Gasteiger partial charge in [0.1, 0.15) is 5.82 Å². The van der Waals surface area contributed by atoms with Crippen molar-refractivity contribution in [1.82, 2.24) is 10.3 Å². The average molecular weight is 296 g/mol.